The van der Waals surface area contributed by atoms with E-state index in [1.54, 1.807) is 0 Å². The number of hydrogen-bond donors (Lipinski definition) is 3. The first-order valence-corrected chi connectivity index (χ1v) is 11.9. The second-order valence-electron chi connectivity index (χ2n) is 10.3. The molecule has 1 aliphatic rings. The summed E-state index contributed by atoms with van der Waals surface area (Å²) in [7, 11) is 0. The van der Waals surface area contributed by atoms with E-state index in [2.05, 4.69) is 70.2 Å². The van der Waals surface area contributed by atoms with E-state index in [1.165, 1.54) is 32.1 Å². The number of aromatic amines is 1. The lowest BCUT2D eigenvalue weighted by atomic mass is 9.95. The summed E-state index contributed by atoms with van der Waals surface area (Å²) in [4.78, 5) is 12.5. The van der Waals surface area contributed by atoms with Gasteiger partial charge < -0.3 is 15.6 Å². The highest BCUT2D eigenvalue weighted by atomic mass is 15.2. The Labute approximate surface area is 194 Å². The van der Waals surface area contributed by atoms with Crippen molar-refractivity contribution < 1.29 is 0 Å². The minimum Gasteiger partial charge on any atom is -0.382 e. The number of pyridine rings is 1. The summed E-state index contributed by atoms with van der Waals surface area (Å²) in [5.74, 6) is 0.643. The summed E-state index contributed by atoms with van der Waals surface area (Å²) < 4.78 is 1.91. The number of nitrogens with one attached hydrogen (secondary N) is 3. The maximum Gasteiger partial charge on any atom is 0.224 e. The van der Waals surface area contributed by atoms with Crippen molar-refractivity contribution in [1.82, 2.24) is 29.9 Å². The molecule has 5 rings (SSSR count). The first-order valence-electron chi connectivity index (χ1n) is 11.9. The van der Waals surface area contributed by atoms with Crippen LogP contribution in [0.3, 0.4) is 0 Å². The molecule has 0 radical (unpaired) electrons. The number of hydrogen-bond acceptors (Lipinski definition) is 5. The van der Waals surface area contributed by atoms with Crippen molar-refractivity contribution in [2.24, 2.45) is 5.41 Å². The number of nitrogens with zero attached hydrogens (tertiary/aromatic N) is 4. The number of fused-ring (bicyclic) bond motifs is 2. The quantitative estimate of drug-likeness (QED) is 0.360. The molecule has 1 saturated carbocycles. The Hall–Kier alpha value is -3.35. The highest BCUT2D eigenvalue weighted by molar-refractivity contribution is 5.94. The third-order valence-corrected chi connectivity index (χ3v) is 6.35. The SMILES string of the molecule is C=C(NC1CCCCC1)c1cnn2ccc(-c3c[nH]c4nc(NCC(C)(C)C)ncc34)cc12. The van der Waals surface area contributed by atoms with Gasteiger partial charge >= 0.3 is 0 Å². The van der Waals surface area contributed by atoms with E-state index in [0.29, 0.717) is 12.0 Å². The Morgan fingerprint density at radius 3 is 2.82 bits per heavy atom. The molecule has 4 aromatic rings. The van der Waals surface area contributed by atoms with Crippen LogP contribution in [0, 0.1) is 5.41 Å². The van der Waals surface area contributed by atoms with E-state index in [4.69, 9.17) is 0 Å². The van der Waals surface area contributed by atoms with Crippen molar-refractivity contribution in [2.75, 3.05) is 11.9 Å². The number of aromatic nitrogens is 5. The van der Waals surface area contributed by atoms with E-state index in [0.717, 1.165) is 45.5 Å². The normalized spacial score (nSPS) is 15.2. The van der Waals surface area contributed by atoms with Gasteiger partial charge in [-0.2, -0.15) is 10.1 Å². The molecule has 7 heteroatoms. The molecule has 0 bridgehead atoms. The zero-order chi connectivity index (χ0) is 23.0. The first-order chi connectivity index (χ1) is 15.9. The van der Waals surface area contributed by atoms with Crippen LogP contribution in [0.4, 0.5) is 5.95 Å². The van der Waals surface area contributed by atoms with Gasteiger partial charge in [-0.3, -0.25) is 0 Å². The van der Waals surface area contributed by atoms with E-state index in [1.807, 2.05) is 29.3 Å². The van der Waals surface area contributed by atoms with Gasteiger partial charge in [-0.15, -0.1) is 0 Å². The lowest BCUT2D eigenvalue weighted by Crippen LogP contribution is -2.29. The number of H-pyrrole nitrogens is 1. The van der Waals surface area contributed by atoms with Crippen LogP contribution in [0.1, 0.15) is 58.4 Å². The van der Waals surface area contributed by atoms with Crippen molar-refractivity contribution in [3.05, 3.63) is 49.1 Å². The van der Waals surface area contributed by atoms with Crippen LogP contribution < -0.4 is 10.6 Å². The summed E-state index contributed by atoms with van der Waals surface area (Å²) >= 11 is 0. The molecule has 0 spiro atoms. The fraction of sp³-hybridized carbons (Fsp3) is 0.423. The maximum atomic E-state index is 4.67. The molecule has 0 atom stereocenters. The Kier molecular flexibility index (Phi) is 5.56. The fourth-order valence-corrected chi connectivity index (χ4v) is 4.53. The smallest absolute Gasteiger partial charge is 0.224 e. The van der Waals surface area contributed by atoms with Crippen LogP contribution in [-0.4, -0.2) is 37.2 Å². The van der Waals surface area contributed by atoms with Crippen molar-refractivity contribution in [3.63, 3.8) is 0 Å². The van der Waals surface area contributed by atoms with Crippen LogP contribution >= 0.6 is 0 Å². The predicted octanol–water partition coefficient (Wildman–Crippen LogP) is 5.62. The molecule has 1 aliphatic carbocycles. The van der Waals surface area contributed by atoms with Gasteiger partial charge in [-0.05, 0) is 36.0 Å². The predicted molar refractivity (Wildman–Crippen MR) is 135 cm³/mol. The maximum absolute atomic E-state index is 4.67. The molecule has 0 amide bonds. The van der Waals surface area contributed by atoms with Gasteiger partial charge in [0.05, 0.1) is 11.7 Å². The summed E-state index contributed by atoms with van der Waals surface area (Å²) in [5, 5.41) is 12.5. The molecule has 0 aliphatic heterocycles. The van der Waals surface area contributed by atoms with Gasteiger partial charge in [-0.25, -0.2) is 9.50 Å². The Morgan fingerprint density at radius 2 is 2.03 bits per heavy atom. The molecule has 33 heavy (non-hydrogen) atoms. The van der Waals surface area contributed by atoms with Crippen LogP contribution in [0.5, 0.6) is 0 Å². The topological polar surface area (TPSA) is 82.9 Å². The lowest BCUT2D eigenvalue weighted by Gasteiger charge is -2.24. The second kappa shape index (κ2) is 8.54. The van der Waals surface area contributed by atoms with Gasteiger partial charge in [0.1, 0.15) is 5.65 Å². The van der Waals surface area contributed by atoms with Crippen molar-refractivity contribution in [3.8, 4) is 11.1 Å². The highest BCUT2D eigenvalue weighted by Crippen LogP contribution is 2.30. The standard InChI is InChI=1S/C26H33N7/c1-17(31-19-8-6-5-7-9-19)20-15-30-33-11-10-18(12-23(20)33)21-13-27-24-22(21)14-28-25(32-24)29-16-26(2,3)4/h10-15,19,31H,1,5-9,16H2,2-4H3,(H2,27,28,29,32). The monoisotopic (exact) mass is 443 g/mol. The fourth-order valence-electron chi connectivity index (χ4n) is 4.53. The average Bonchev–Trinajstić information content (AvgIpc) is 3.41. The number of rotatable bonds is 6. The molecule has 0 unspecified atom stereocenters. The molecule has 0 aromatic carbocycles. The molecular weight excluding hydrogens is 410 g/mol. The largest absolute Gasteiger partial charge is 0.382 e. The van der Waals surface area contributed by atoms with E-state index >= 15 is 0 Å². The summed E-state index contributed by atoms with van der Waals surface area (Å²) in [5.41, 5.74) is 6.20. The second-order valence-corrected chi connectivity index (χ2v) is 10.3. The first kappa shape index (κ1) is 21.5. The highest BCUT2D eigenvalue weighted by Gasteiger charge is 2.17. The molecule has 4 heterocycles. The number of anilines is 1. The molecule has 0 saturated heterocycles. The summed E-state index contributed by atoms with van der Waals surface area (Å²) in [6.07, 6.45) is 14.2. The molecule has 172 valence electrons. The van der Waals surface area contributed by atoms with Crippen LogP contribution in [0.2, 0.25) is 0 Å². The average molecular weight is 444 g/mol. The minimum atomic E-state index is 0.160. The van der Waals surface area contributed by atoms with E-state index < -0.39 is 0 Å². The Bertz CT molecular complexity index is 1290. The van der Waals surface area contributed by atoms with Gasteiger partial charge in [-0.1, -0.05) is 46.6 Å². The molecular formula is C26H33N7. The zero-order valence-electron chi connectivity index (χ0n) is 19.8. The Balaban J connectivity index is 1.42. The Morgan fingerprint density at radius 1 is 1.21 bits per heavy atom. The third kappa shape index (κ3) is 4.58. The van der Waals surface area contributed by atoms with Crippen LogP contribution in [0.15, 0.2) is 43.5 Å². The molecule has 7 nitrogen and oxygen atoms in total. The van der Waals surface area contributed by atoms with E-state index in [-0.39, 0.29) is 5.41 Å². The van der Waals surface area contributed by atoms with Crippen molar-refractivity contribution >= 4 is 28.2 Å². The minimum absolute atomic E-state index is 0.160. The van der Waals surface area contributed by atoms with Gasteiger partial charge in [0.2, 0.25) is 5.95 Å². The molecule has 1 fully saturated rings. The van der Waals surface area contributed by atoms with Gasteiger partial charge in [0.25, 0.3) is 0 Å². The van der Waals surface area contributed by atoms with Crippen molar-refractivity contribution in [2.45, 2.75) is 58.9 Å². The van der Waals surface area contributed by atoms with E-state index in [9.17, 15) is 0 Å². The molecule has 3 N–H and O–H groups in total. The van der Waals surface area contributed by atoms with Gasteiger partial charge in [0, 0.05) is 53.4 Å². The van der Waals surface area contributed by atoms with Crippen molar-refractivity contribution in [1.29, 1.82) is 0 Å². The third-order valence-electron chi connectivity index (χ3n) is 6.35. The lowest BCUT2D eigenvalue weighted by molar-refractivity contribution is 0.409. The molecule has 4 aromatic heterocycles. The summed E-state index contributed by atoms with van der Waals surface area (Å²) in [6.45, 7) is 11.7. The van der Waals surface area contributed by atoms with Crippen LogP contribution in [-0.2, 0) is 0 Å². The zero-order valence-corrected chi connectivity index (χ0v) is 19.8. The van der Waals surface area contributed by atoms with Gasteiger partial charge in [0.15, 0.2) is 0 Å². The van der Waals surface area contributed by atoms with Crippen LogP contribution in [0.25, 0.3) is 33.4 Å². The summed E-state index contributed by atoms with van der Waals surface area (Å²) in [6, 6.07) is 4.76.